The van der Waals surface area contributed by atoms with Crippen LogP contribution >= 0.6 is 11.8 Å². The smallest absolute Gasteiger partial charge is 0.293 e. The van der Waals surface area contributed by atoms with Crippen LogP contribution in [0.25, 0.3) is 0 Å². The molecule has 0 aliphatic rings. The number of nitrogens with zero attached hydrogens (tertiary/aromatic N) is 1. The summed E-state index contributed by atoms with van der Waals surface area (Å²) in [5.41, 5.74) is 3.46. The Bertz CT molecular complexity index is 415. The first-order valence-electron chi connectivity index (χ1n) is 5.51. The fraction of sp³-hybridized carbons (Fsp3) is 0.455. The van der Waals surface area contributed by atoms with Gasteiger partial charge in [0, 0.05) is 18.4 Å². The SMILES string of the molecule is CC(CO)CSCc1ccc(NN)c([N+](=O)[O-])c1. The second kappa shape index (κ2) is 7.20. The van der Waals surface area contributed by atoms with Crippen LogP contribution in [0.5, 0.6) is 0 Å². The van der Waals surface area contributed by atoms with E-state index in [0.717, 1.165) is 11.3 Å². The average molecular weight is 271 g/mol. The van der Waals surface area contributed by atoms with Crippen molar-refractivity contribution >= 4 is 23.1 Å². The number of hydrogen-bond acceptors (Lipinski definition) is 6. The maximum absolute atomic E-state index is 10.8. The highest BCUT2D eigenvalue weighted by Gasteiger charge is 2.13. The molecule has 1 unspecified atom stereocenters. The highest BCUT2D eigenvalue weighted by molar-refractivity contribution is 7.98. The van der Waals surface area contributed by atoms with E-state index < -0.39 is 4.92 Å². The first-order chi connectivity index (χ1) is 8.58. The zero-order valence-electron chi connectivity index (χ0n) is 10.1. The van der Waals surface area contributed by atoms with E-state index in [1.54, 1.807) is 23.9 Å². The Hall–Kier alpha value is -1.31. The van der Waals surface area contributed by atoms with Crippen LogP contribution in [0.1, 0.15) is 12.5 Å². The predicted molar refractivity (Wildman–Crippen MR) is 73.3 cm³/mol. The van der Waals surface area contributed by atoms with E-state index in [4.69, 9.17) is 10.9 Å². The van der Waals surface area contributed by atoms with E-state index in [1.165, 1.54) is 6.07 Å². The second-order valence-corrected chi connectivity index (χ2v) is 5.09. The molecule has 0 amide bonds. The number of rotatable bonds is 7. The molecule has 0 aromatic heterocycles. The molecule has 4 N–H and O–H groups in total. The summed E-state index contributed by atoms with van der Waals surface area (Å²) in [7, 11) is 0. The highest BCUT2D eigenvalue weighted by Crippen LogP contribution is 2.26. The van der Waals surface area contributed by atoms with Crippen LogP contribution < -0.4 is 11.3 Å². The van der Waals surface area contributed by atoms with Crippen molar-refractivity contribution in [3.8, 4) is 0 Å². The number of nitrogen functional groups attached to an aromatic ring is 1. The summed E-state index contributed by atoms with van der Waals surface area (Å²) in [6.07, 6.45) is 0. The molecule has 1 rings (SSSR count). The van der Waals surface area contributed by atoms with Crippen LogP contribution in [0.3, 0.4) is 0 Å². The molecule has 0 heterocycles. The maximum Gasteiger partial charge on any atom is 0.293 e. The summed E-state index contributed by atoms with van der Waals surface area (Å²) in [5.74, 6) is 6.94. The molecule has 1 aromatic rings. The van der Waals surface area contributed by atoms with Gasteiger partial charge in [0.1, 0.15) is 5.69 Å². The van der Waals surface area contributed by atoms with Crippen LogP contribution in [0.15, 0.2) is 18.2 Å². The molecule has 0 saturated heterocycles. The molecular weight excluding hydrogens is 254 g/mol. The zero-order chi connectivity index (χ0) is 13.5. The van der Waals surface area contributed by atoms with Gasteiger partial charge in [-0.1, -0.05) is 13.0 Å². The van der Waals surface area contributed by atoms with Crippen molar-refractivity contribution in [2.45, 2.75) is 12.7 Å². The summed E-state index contributed by atoms with van der Waals surface area (Å²) in [6.45, 7) is 2.11. The molecule has 0 spiro atoms. The number of benzene rings is 1. The van der Waals surface area contributed by atoms with E-state index in [9.17, 15) is 10.1 Å². The number of aliphatic hydroxyl groups is 1. The summed E-state index contributed by atoms with van der Waals surface area (Å²) < 4.78 is 0. The van der Waals surface area contributed by atoms with Gasteiger partial charge in [-0.15, -0.1) is 0 Å². The Morgan fingerprint density at radius 3 is 2.89 bits per heavy atom. The van der Waals surface area contributed by atoms with Crippen LogP contribution in [0.4, 0.5) is 11.4 Å². The molecule has 1 atom stereocenters. The molecule has 7 heteroatoms. The first kappa shape index (κ1) is 14.7. The van der Waals surface area contributed by atoms with Gasteiger partial charge in [-0.25, -0.2) is 0 Å². The van der Waals surface area contributed by atoms with Crippen molar-refractivity contribution < 1.29 is 10.0 Å². The molecule has 1 aromatic carbocycles. The summed E-state index contributed by atoms with van der Waals surface area (Å²) in [5, 5.41) is 19.7. The minimum Gasteiger partial charge on any atom is -0.396 e. The normalized spacial score (nSPS) is 12.2. The summed E-state index contributed by atoms with van der Waals surface area (Å²) in [6, 6.07) is 4.92. The lowest BCUT2D eigenvalue weighted by Crippen LogP contribution is -2.09. The van der Waals surface area contributed by atoms with Crippen molar-refractivity contribution in [1.29, 1.82) is 0 Å². The van der Waals surface area contributed by atoms with Crippen LogP contribution in [0, 0.1) is 16.0 Å². The lowest BCUT2D eigenvalue weighted by Gasteiger charge is -2.08. The standard InChI is InChI=1S/C11H17N3O3S/c1-8(5-15)6-18-7-9-2-3-10(13-12)11(4-9)14(16)17/h2-4,8,13,15H,5-7,12H2,1H3. The molecule has 0 bridgehead atoms. The molecule has 0 aliphatic heterocycles. The Morgan fingerprint density at radius 2 is 2.33 bits per heavy atom. The molecule has 0 aliphatic carbocycles. The summed E-state index contributed by atoms with van der Waals surface area (Å²) in [4.78, 5) is 10.4. The van der Waals surface area contributed by atoms with Gasteiger partial charge in [0.25, 0.3) is 5.69 Å². The first-order valence-corrected chi connectivity index (χ1v) is 6.66. The Labute approximate surface area is 110 Å². The molecule has 0 fully saturated rings. The number of nitro benzene ring substituents is 1. The molecule has 18 heavy (non-hydrogen) atoms. The number of nitrogens with one attached hydrogen (secondary N) is 1. The van der Waals surface area contributed by atoms with Crippen LogP contribution in [-0.4, -0.2) is 22.4 Å². The Balaban J connectivity index is 2.67. The Morgan fingerprint density at radius 1 is 1.61 bits per heavy atom. The second-order valence-electron chi connectivity index (χ2n) is 4.06. The average Bonchev–Trinajstić information content (AvgIpc) is 2.38. The number of hydrogen-bond donors (Lipinski definition) is 3. The number of hydrazine groups is 1. The third-order valence-corrected chi connectivity index (χ3v) is 3.74. The van der Waals surface area contributed by atoms with Gasteiger partial charge >= 0.3 is 0 Å². The number of aliphatic hydroxyl groups excluding tert-OH is 1. The fourth-order valence-electron chi connectivity index (χ4n) is 1.37. The van der Waals surface area contributed by atoms with E-state index >= 15 is 0 Å². The number of anilines is 1. The van der Waals surface area contributed by atoms with E-state index in [1.807, 2.05) is 6.92 Å². The topological polar surface area (TPSA) is 101 Å². The maximum atomic E-state index is 10.8. The van der Waals surface area contributed by atoms with E-state index in [0.29, 0.717) is 11.4 Å². The minimum absolute atomic E-state index is 0.0224. The molecule has 0 saturated carbocycles. The van der Waals surface area contributed by atoms with E-state index in [2.05, 4.69) is 5.43 Å². The van der Waals surface area contributed by atoms with Crippen molar-refractivity contribution in [3.05, 3.63) is 33.9 Å². The van der Waals surface area contributed by atoms with Gasteiger partial charge in [0.15, 0.2) is 0 Å². The quantitative estimate of drug-likeness (QED) is 0.396. The zero-order valence-corrected chi connectivity index (χ0v) is 10.9. The number of thioether (sulfide) groups is 1. The largest absolute Gasteiger partial charge is 0.396 e. The van der Waals surface area contributed by atoms with Crippen molar-refractivity contribution in [3.63, 3.8) is 0 Å². The van der Waals surface area contributed by atoms with Gasteiger partial charge < -0.3 is 10.5 Å². The third-order valence-electron chi connectivity index (χ3n) is 2.40. The highest BCUT2D eigenvalue weighted by atomic mass is 32.2. The molecule has 0 radical (unpaired) electrons. The molecule has 6 nitrogen and oxygen atoms in total. The number of nitrogens with two attached hydrogens (primary N) is 1. The minimum atomic E-state index is -0.459. The predicted octanol–water partition coefficient (Wildman–Crippen LogP) is 1.74. The van der Waals surface area contributed by atoms with Crippen molar-refractivity contribution in [2.75, 3.05) is 17.8 Å². The number of nitro groups is 1. The lowest BCUT2D eigenvalue weighted by atomic mass is 10.2. The monoisotopic (exact) mass is 271 g/mol. The van der Waals surface area contributed by atoms with Crippen LogP contribution in [0.2, 0.25) is 0 Å². The van der Waals surface area contributed by atoms with Gasteiger partial charge in [-0.3, -0.25) is 16.0 Å². The van der Waals surface area contributed by atoms with Crippen molar-refractivity contribution in [1.82, 2.24) is 0 Å². The van der Waals surface area contributed by atoms with Crippen molar-refractivity contribution in [2.24, 2.45) is 11.8 Å². The molecule has 100 valence electrons. The Kier molecular flexibility index (Phi) is 5.90. The third kappa shape index (κ3) is 4.17. The fourth-order valence-corrected chi connectivity index (χ4v) is 2.41. The van der Waals surface area contributed by atoms with Crippen LogP contribution in [-0.2, 0) is 5.75 Å². The van der Waals surface area contributed by atoms with E-state index in [-0.39, 0.29) is 18.2 Å². The van der Waals surface area contributed by atoms with Gasteiger partial charge in [-0.05, 0) is 23.3 Å². The van der Waals surface area contributed by atoms with Gasteiger partial charge in [0.2, 0.25) is 0 Å². The van der Waals surface area contributed by atoms with Gasteiger partial charge in [-0.2, -0.15) is 11.8 Å². The summed E-state index contributed by atoms with van der Waals surface area (Å²) >= 11 is 1.64. The molecular formula is C11H17N3O3S. The lowest BCUT2D eigenvalue weighted by molar-refractivity contribution is -0.384. The van der Waals surface area contributed by atoms with Gasteiger partial charge in [0.05, 0.1) is 4.92 Å².